The topological polar surface area (TPSA) is 92.7 Å². The highest BCUT2D eigenvalue weighted by Gasteiger charge is 2.38. The molecule has 0 bridgehead atoms. The first-order chi connectivity index (χ1) is 11.8. The van der Waals surface area contributed by atoms with Gasteiger partial charge < -0.3 is 15.2 Å². The van der Waals surface area contributed by atoms with Crippen molar-refractivity contribution in [3.63, 3.8) is 0 Å². The van der Waals surface area contributed by atoms with Gasteiger partial charge in [-0.1, -0.05) is 12.1 Å². The standard InChI is InChI=1S/C16H16F3NO5S/c1-8-12(15(21)22)13(14(9(2)20-8)26(3,23)24)10-5-4-6-11(7-10)25-16(17,18)19/h4-7,13,20H,1-3H3,(H,21,22). The van der Waals surface area contributed by atoms with Gasteiger partial charge in [0.25, 0.3) is 0 Å². The van der Waals surface area contributed by atoms with Crippen molar-refractivity contribution in [3.8, 4) is 5.75 Å². The maximum atomic E-state index is 12.5. The molecule has 6 nitrogen and oxygen atoms in total. The number of halogens is 3. The molecule has 0 aliphatic carbocycles. The van der Waals surface area contributed by atoms with Gasteiger partial charge in [-0.05, 0) is 31.5 Å². The van der Waals surface area contributed by atoms with Crippen LogP contribution < -0.4 is 10.1 Å². The largest absolute Gasteiger partial charge is 0.573 e. The van der Waals surface area contributed by atoms with Crippen molar-refractivity contribution >= 4 is 15.8 Å². The summed E-state index contributed by atoms with van der Waals surface area (Å²) in [5.74, 6) is -3.21. The lowest BCUT2D eigenvalue weighted by molar-refractivity contribution is -0.274. The number of carboxylic acids is 1. The number of hydrogen-bond donors (Lipinski definition) is 2. The number of rotatable bonds is 4. The van der Waals surface area contributed by atoms with Gasteiger partial charge in [0, 0.05) is 17.6 Å². The van der Waals surface area contributed by atoms with Gasteiger partial charge in [0.2, 0.25) is 0 Å². The van der Waals surface area contributed by atoms with Crippen molar-refractivity contribution in [2.24, 2.45) is 0 Å². The number of benzene rings is 1. The summed E-state index contributed by atoms with van der Waals surface area (Å²) in [6.07, 6.45) is -4.02. The van der Waals surface area contributed by atoms with Crippen LogP contribution in [0.5, 0.6) is 5.75 Å². The van der Waals surface area contributed by atoms with Crippen molar-refractivity contribution in [2.75, 3.05) is 6.26 Å². The van der Waals surface area contributed by atoms with Crippen LogP contribution >= 0.6 is 0 Å². The first kappa shape index (κ1) is 19.8. The summed E-state index contributed by atoms with van der Waals surface area (Å²) >= 11 is 0. The van der Waals surface area contributed by atoms with Crippen LogP contribution in [0.4, 0.5) is 13.2 Å². The molecular formula is C16H16F3NO5S. The van der Waals surface area contributed by atoms with E-state index in [2.05, 4.69) is 10.1 Å². The van der Waals surface area contributed by atoms with Gasteiger partial charge in [-0.3, -0.25) is 0 Å². The first-order valence-corrected chi connectivity index (χ1v) is 9.18. The number of nitrogens with one attached hydrogen (secondary N) is 1. The fraction of sp³-hybridized carbons (Fsp3) is 0.312. The summed E-state index contributed by atoms with van der Waals surface area (Å²) in [5.41, 5.74) is 0.210. The minimum atomic E-state index is -4.93. The average Bonchev–Trinajstić information content (AvgIpc) is 2.42. The predicted octanol–water partition coefficient (Wildman–Crippen LogP) is 2.91. The molecule has 1 aromatic rings. The Hall–Kier alpha value is -2.49. The normalized spacial score (nSPS) is 18.6. The fourth-order valence-corrected chi connectivity index (χ4v) is 4.25. The van der Waals surface area contributed by atoms with Crippen LogP contribution in [0.25, 0.3) is 0 Å². The monoisotopic (exact) mass is 391 g/mol. The molecule has 0 saturated heterocycles. The first-order valence-electron chi connectivity index (χ1n) is 7.29. The maximum absolute atomic E-state index is 12.5. The zero-order valence-electron chi connectivity index (χ0n) is 14.0. The van der Waals surface area contributed by atoms with E-state index < -0.39 is 33.8 Å². The van der Waals surface area contributed by atoms with E-state index in [1.165, 1.54) is 26.0 Å². The lowest BCUT2D eigenvalue weighted by Gasteiger charge is -2.30. The lowest BCUT2D eigenvalue weighted by Crippen LogP contribution is -2.30. The number of sulfone groups is 1. The summed E-state index contributed by atoms with van der Waals surface area (Å²) in [5, 5.41) is 12.2. The molecule has 1 heterocycles. The molecule has 2 N–H and O–H groups in total. The Labute approximate surface area is 147 Å². The van der Waals surface area contributed by atoms with E-state index in [0.717, 1.165) is 18.4 Å². The van der Waals surface area contributed by atoms with Gasteiger partial charge in [-0.25, -0.2) is 13.2 Å². The summed E-state index contributed by atoms with van der Waals surface area (Å²) in [6.45, 7) is 2.91. The molecule has 0 spiro atoms. The lowest BCUT2D eigenvalue weighted by atomic mass is 9.86. The fourth-order valence-electron chi connectivity index (χ4n) is 2.96. The van der Waals surface area contributed by atoms with E-state index in [1.54, 1.807) is 0 Å². The SMILES string of the molecule is CC1=C(C(=O)O)C(c2cccc(OC(F)(F)F)c2)C(S(C)(=O)=O)=C(C)N1. The van der Waals surface area contributed by atoms with Crippen molar-refractivity contribution in [1.29, 1.82) is 0 Å². The zero-order chi connectivity index (χ0) is 19.9. The molecule has 26 heavy (non-hydrogen) atoms. The quantitative estimate of drug-likeness (QED) is 0.820. The number of alkyl halides is 3. The van der Waals surface area contributed by atoms with Crippen molar-refractivity contribution in [2.45, 2.75) is 26.1 Å². The zero-order valence-corrected chi connectivity index (χ0v) is 14.8. The van der Waals surface area contributed by atoms with Crippen LogP contribution in [-0.4, -0.2) is 32.1 Å². The van der Waals surface area contributed by atoms with Crippen LogP contribution in [0.1, 0.15) is 25.3 Å². The molecule has 0 radical (unpaired) electrons. The minimum absolute atomic E-state index is 0.0600. The van der Waals surface area contributed by atoms with Gasteiger partial charge in [0.1, 0.15) is 5.75 Å². The van der Waals surface area contributed by atoms with Gasteiger partial charge in [0.05, 0.1) is 16.4 Å². The predicted molar refractivity (Wildman–Crippen MR) is 86.9 cm³/mol. The Balaban J connectivity index is 2.69. The number of ether oxygens (including phenoxy) is 1. The number of aliphatic carboxylic acids is 1. The van der Waals surface area contributed by atoms with Crippen LogP contribution in [0, 0.1) is 0 Å². The molecule has 1 aliphatic heterocycles. The molecule has 0 saturated carbocycles. The van der Waals surface area contributed by atoms with Crippen LogP contribution in [0.15, 0.2) is 46.1 Å². The number of hydrogen-bond acceptors (Lipinski definition) is 5. The molecule has 1 aliphatic rings. The highest BCUT2D eigenvalue weighted by Crippen LogP contribution is 2.41. The molecule has 1 atom stereocenters. The van der Waals surface area contributed by atoms with Crippen LogP contribution in [0.2, 0.25) is 0 Å². The smallest absolute Gasteiger partial charge is 0.478 e. The van der Waals surface area contributed by atoms with E-state index in [9.17, 15) is 31.5 Å². The van der Waals surface area contributed by atoms with Crippen molar-refractivity contribution < 1.29 is 36.2 Å². The summed E-state index contributed by atoms with van der Waals surface area (Å²) in [6, 6.07) is 4.63. The van der Waals surface area contributed by atoms with E-state index in [4.69, 9.17) is 0 Å². The van der Waals surface area contributed by atoms with Crippen LogP contribution in [-0.2, 0) is 14.6 Å². The Morgan fingerprint density at radius 1 is 1.23 bits per heavy atom. The third kappa shape index (κ3) is 4.18. The maximum Gasteiger partial charge on any atom is 0.573 e. The minimum Gasteiger partial charge on any atom is -0.478 e. The van der Waals surface area contributed by atoms with E-state index >= 15 is 0 Å². The number of carboxylic acid groups (broad SMARTS) is 1. The molecule has 0 aromatic heterocycles. The second-order valence-corrected chi connectivity index (χ2v) is 7.77. The highest BCUT2D eigenvalue weighted by molar-refractivity contribution is 7.94. The number of dihydropyridines is 1. The summed E-state index contributed by atoms with van der Waals surface area (Å²) in [7, 11) is -3.85. The van der Waals surface area contributed by atoms with Crippen molar-refractivity contribution in [1.82, 2.24) is 5.32 Å². The molecule has 10 heteroatoms. The molecule has 1 aromatic carbocycles. The molecule has 0 fully saturated rings. The van der Waals surface area contributed by atoms with E-state index in [-0.39, 0.29) is 27.4 Å². The second-order valence-electron chi connectivity index (χ2n) is 5.78. The van der Waals surface area contributed by atoms with Gasteiger partial charge >= 0.3 is 12.3 Å². The highest BCUT2D eigenvalue weighted by atomic mass is 32.2. The van der Waals surface area contributed by atoms with E-state index in [0.29, 0.717) is 0 Å². The second kappa shape index (κ2) is 6.67. The molecule has 2 rings (SSSR count). The third-order valence-electron chi connectivity index (χ3n) is 3.75. The van der Waals surface area contributed by atoms with Gasteiger partial charge in [-0.2, -0.15) is 0 Å². The Kier molecular flexibility index (Phi) is 5.09. The Bertz CT molecular complexity index is 916. The Morgan fingerprint density at radius 2 is 1.85 bits per heavy atom. The molecule has 142 valence electrons. The van der Waals surface area contributed by atoms with Crippen molar-refractivity contribution in [3.05, 3.63) is 51.7 Å². The van der Waals surface area contributed by atoms with Gasteiger partial charge in [-0.15, -0.1) is 13.2 Å². The molecule has 0 amide bonds. The average molecular weight is 391 g/mol. The third-order valence-corrected chi connectivity index (χ3v) is 5.10. The summed E-state index contributed by atoms with van der Waals surface area (Å²) in [4.78, 5) is 11.5. The van der Waals surface area contributed by atoms with Gasteiger partial charge in [0.15, 0.2) is 9.84 Å². The number of carbonyl (C=O) groups is 1. The Morgan fingerprint density at radius 3 is 2.35 bits per heavy atom. The molecular weight excluding hydrogens is 375 g/mol. The number of allylic oxidation sites excluding steroid dienone is 3. The van der Waals surface area contributed by atoms with Crippen LogP contribution in [0.3, 0.4) is 0 Å². The van der Waals surface area contributed by atoms with E-state index in [1.807, 2.05) is 0 Å². The molecule has 1 unspecified atom stereocenters. The summed E-state index contributed by atoms with van der Waals surface area (Å²) < 4.78 is 65.8.